The van der Waals surface area contributed by atoms with Gasteiger partial charge in [-0.3, -0.25) is 9.78 Å². The van der Waals surface area contributed by atoms with E-state index in [1.165, 1.54) is 16.2 Å². The lowest BCUT2D eigenvalue weighted by Crippen LogP contribution is -2.55. The fourth-order valence-corrected chi connectivity index (χ4v) is 6.75. The van der Waals surface area contributed by atoms with Gasteiger partial charge in [0.05, 0.1) is 22.2 Å². The van der Waals surface area contributed by atoms with E-state index in [4.69, 9.17) is 4.74 Å². The third-order valence-corrected chi connectivity index (χ3v) is 10.1. The summed E-state index contributed by atoms with van der Waals surface area (Å²) in [6.07, 6.45) is 0.316. The van der Waals surface area contributed by atoms with Gasteiger partial charge in [0.1, 0.15) is 12.6 Å². The Balaban J connectivity index is 1.49. The molecule has 10 nitrogen and oxygen atoms in total. The lowest BCUT2D eigenvalue weighted by molar-refractivity contribution is -0.124. The second-order valence-electron chi connectivity index (χ2n) is 13.0. The molecule has 0 spiro atoms. The van der Waals surface area contributed by atoms with Crippen molar-refractivity contribution in [2.75, 3.05) is 7.05 Å². The molecular weight excluding hydrogens is 671 g/mol. The van der Waals surface area contributed by atoms with Crippen LogP contribution < -0.4 is 10.6 Å². The molecule has 2 heterocycles. The molecule has 2 aromatic carbocycles. The van der Waals surface area contributed by atoms with Crippen LogP contribution >= 0.6 is 22.7 Å². The van der Waals surface area contributed by atoms with Crippen LogP contribution in [-0.2, 0) is 35.5 Å². The largest absolute Gasteiger partial charge is 0.442 e. The number of carbonyl (C=O) groups is 3. The zero-order valence-corrected chi connectivity index (χ0v) is 30.9. The maximum atomic E-state index is 13.9. The Labute approximate surface area is 302 Å². The first kappa shape index (κ1) is 38.4. The predicted octanol–water partition coefficient (Wildman–Crippen LogP) is 6.99. The molecule has 4 aromatic rings. The molecule has 50 heavy (non-hydrogen) atoms. The van der Waals surface area contributed by atoms with Crippen LogP contribution in [0.4, 0.5) is 9.59 Å². The number of hydrogen-bond donors (Lipinski definition) is 3. The number of aliphatic hydroxyl groups excluding tert-OH is 1. The molecule has 266 valence electrons. The lowest BCUT2D eigenvalue weighted by Gasteiger charge is -2.29. The van der Waals surface area contributed by atoms with Gasteiger partial charge in [-0.25, -0.2) is 9.59 Å². The van der Waals surface area contributed by atoms with Gasteiger partial charge < -0.3 is 25.4 Å². The number of urea groups is 1. The zero-order valence-electron chi connectivity index (χ0n) is 29.2. The van der Waals surface area contributed by atoms with Crippen LogP contribution in [0.5, 0.6) is 0 Å². The number of amides is 4. The van der Waals surface area contributed by atoms with Gasteiger partial charge >= 0.3 is 12.1 Å². The van der Waals surface area contributed by atoms with Crippen LogP contribution in [0.2, 0.25) is 0 Å². The van der Waals surface area contributed by atoms with Gasteiger partial charge in [0.25, 0.3) is 0 Å². The van der Waals surface area contributed by atoms with Crippen LogP contribution in [0, 0.1) is 5.92 Å². The lowest BCUT2D eigenvalue weighted by atomic mass is 9.94. The zero-order chi connectivity index (χ0) is 36.0. The van der Waals surface area contributed by atoms with Gasteiger partial charge in [0.2, 0.25) is 5.91 Å². The smallest absolute Gasteiger partial charge is 0.433 e. The Hall–Kier alpha value is -4.39. The van der Waals surface area contributed by atoms with Crippen molar-refractivity contribution in [2.45, 2.75) is 84.2 Å². The first-order valence-corrected chi connectivity index (χ1v) is 18.5. The molecule has 4 amide bonds. The van der Waals surface area contributed by atoms with E-state index in [1.54, 1.807) is 35.0 Å². The number of rotatable bonds is 16. The van der Waals surface area contributed by atoms with Gasteiger partial charge in [-0.15, -0.1) is 22.7 Å². The summed E-state index contributed by atoms with van der Waals surface area (Å²) in [5, 5.41) is 19.7. The Morgan fingerprint density at radius 1 is 0.940 bits per heavy atom. The minimum atomic E-state index is -1.18. The number of nitrogens with one attached hydrogen (secondary N) is 2. The molecule has 2 aromatic heterocycles. The minimum Gasteiger partial charge on any atom is -0.442 e. The van der Waals surface area contributed by atoms with Crippen LogP contribution in [0.25, 0.3) is 0 Å². The average molecular weight is 718 g/mol. The number of aliphatic imine (C=N–C) groups is 1. The maximum absolute atomic E-state index is 13.9. The van der Waals surface area contributed by atoms with Gasteiger partial charge in [0, 0.05) is 37.1 Å². The second kappa shape index (κ2) is 19.1. The van der Waals surface area contributed by atoms with Crippen molar-refractivity contribution in [3.8, 4) is 0 Å². The molecule has 0 aliphatic rings. The number of hydrogen-bond acceptors (Lipinski definition) is 8. The van der Waals surface area contributed by atoms with Gasteiger partial charge in [-0.2, -0.15) is 4.99 Å². The summed E-state index contributed by atoms with van der Waals surface area (Å²) >= 11 is 3.04. The maximum Gasteiger partial charge on any atom is 0.433 e. The van der Waals surface area contributed by atoms with E-state index in [2.05, 4.69) is 45.9 Å². The third-order valence-electron chi connectivity index (χ3n) is 8.09. The minimum absolute atomic E-state index is 0.0259. The molecule has 3 atom stereocenters. The molecule has 0 saturated heterocycles. The van der Waals surface area contributed by atoms with Crippen molar-refractivity contribution in [1.29, 1.82) is 0 Å². The predicted molar refractivity (Wildman–Crippen MR) is 200 cm³/mol. The standard InChI is InChI=1S/C38H47N5O5S2/c1-25(2)34-18-29(23-49-34)21-43(5)37(46)42-35(26(3)4)36(45)40-30(16-27-12-8-6-9-13-27)19-33(44)32(17-28-14-10-7-11-15-28)41-38(47)48-22-31-20-39-24-50-31/h6-15,18,20,23-26,30,33,35,44H,16-17,19,21-22H2,1-5H3,(H,40,45)(H,42,46)/b41-32+/t30-,33-,35-/m0/s1. The van der Waals surface area contributed by atoms with Gasteiger partial charge in [-0.05, 0) is 52.8 Å². The summed E-state index contributed by atoms with van der Waals surface area (Å²) in [5.74, 6) is -0.169. The Morgan fingerprint density at radius 3 is 2.22 bits per heavy atom. The van der Waals surface area contributed by atoms with Crippen molar-refractivity contribution in [3.63, 3.8) is 0 Å². The Kier molecular flexibility index (Phi) is 14.7. The van der Waals surface area contributed by atoms with E-state index < -0.39 is 24.3 Å². The van der Waals surface area contributed by atoms with Crippen molar-refractivity contribution < 1.29 is 24.2 Å². The number of aliphatic hydroxyl groups is 1. The SMILES string of the molecule is CC(C)c1cc(CN(C)C(=O)N[C@H](C(=O)N[C@@H](Cc2ccccc2)C[C@H](O)/C(Cc2ccccc2)=N/C(=O)OCc2cncs2)C(C)C)cs1. The first-order valence-electron chi connectivity index (χ1n) is 16.7. The molecule has 0 radical (unpaired) electrons. The summed E-state index contributed by atoms with van der Waals surface area (Å²) in [4.78, 5) is 51.8. The average Bonchev–Trinajstić information content (AvgIpc) is 3.79. The molecule has 3 N–H and O–H groups in total. The van der Waals surface area contributed by atoms with E-state index in [0.717, 1.165) is 21.6 Å². The molecule has 0 fully saturated rings. The summed E-state index contributed by atoms with van der Waals surface area (Å²) in [5.41, 5.74) is 4.73. The van der Waals surface area contributed by atoms with Gasteiger partial charge in [-0.1, -0.05) is 88.4 Å². The summed E-state index contributed by atoms with van der Waals surface area (Å²) in [7, 11) is 1.71. The van der Waals surface area contributed by atoms with Crippen molar-refractivity contribution in [2.24, 2.45) is 10.9 Å². The number of thiazole rings is 1. The molecule has 0 aliphatic heterocycles. The highest BCUT2D eigenvalue weighted by atomic mass is 32.1. The quantitative estimate of drug-likeness (QED) is 0.107. The van der Waals surface area contributed by atoms with Crippen LogP contribution in [-0.4, -0.2) is 64.0 Å². The molecule has 12 heteroatoms. The van der Waals surface area contributed by atoms with Gasteiger partial charge in [0.15, 0.2) is 0 Å². The second-order valence-corrected chi connectivity index (χ2v) is 14.9. The van der Waals surface area contributed by atoms with Crippen molar-refractivity contribution in [3.05, 3.63) is 110 Å². The molecule has 0 bridgehead atoms. The van der Waals surface area contributed by atoms with E-state index >= 15 is 0 Å². The van der Waals surface area contributed by atoms with E-state index in [0.29, 0.717) is 18.9 Å². The molecule has 0 saturated carbocycles. The highest BCUT2D eigenvalue weighted by Crippen LogP contribution is 2.24. The number of carbonyl (C=O) groups excluding carboxylic acids is 3. The fourth-order valence-electron chi connectivity index (χ4n) is 5.33. The monoisotopic (exact) mass is 717 g/mol. The molecular formula is C38H47N5O5S2. The number of benzene rings is 2. The van der Waals surface area contributed by atoms with Crippen LogP contribution in [0.15, 0.2) is 88.8 Å². The normalized spacial score (nSPS) is 13.5. The molecule has 4 rings (SSSR count). The topological polar surface area (TPSA) is 133 Å². The fraction of sp³-hybridized carbons (Fsp3) is 0.395. The Bertz CT molecular complexity index is 1680. The first-order chi connectivity index (χ1) is 24.0. The van der Waals surface area contributed by atoms with Crippen LogP contribution in [0.3, 0.4) is 0 Å². The summed E-state index contributed by atoms with van der Waals surface area (Å²) in [6, 6.07) is 19.4. The van der Waals surface area contributed by atoms with E-state index in [9.17, 15) is 19.5 Å². The molecule has 0 unspecified atom stereocenters. The van der Waals surface area contributed by atoms with E-state index in [-0.39, 0.29) is 43.0 Å². The van der Waals surface area contributed by atoms with Crippen molar-refractivity contribution in [1.82, 2.24) is 20.5 Å². The molecule has 0 aliphatic carbocycles. The highest BCUT2D eigenvalue weighted by Gasteiger charge is 2.29. The van der Waals surface area contributed by atoms with Crippen molar-refractivity contribution >= 4 is 46.4 Å². The Morgan fingerprint density at radius 2 is 1.62 bits per heavy atom. The summed E-state index contributed by atoms with van der Waals surface area (Å²) in [6.45, 7) is 8.47. The van der Waals surface area contributed by atoms with E-state index in [1.807, 2.05) is 74.5 Å². The number of thiophene rings is 1. The number of ether oxygens (including phenoxy) is 1. The van der Waals surface area contributed by atoms with Crippen LogP contribution in [0.1, 0.15) is 66.5 Å². The number of aromatic nitrogens is 1. The highest BCUT2D eigenvalue weighted by molar-refractivity contribution is 7.10. The summed E-state index contributed by atoms with van der Waals surface area (Å²) < 4.78 is 5.35. The number of nitrogens with zero attached hydrogens (tertiary/aromatic N) is 3. The third kappa shape index (κ3) is 12.2.